The fourth-order valence-electron chi connectivity index (χ4n) is 0.826. The minimum atomic E-state index is -4.80. The molecule has 90 valence electrons. The molecule has 0 aromatic carbocycles. The Morgan fingerprint density at radius 3 is 1.40 bits per heavy atom. The molecule has 0 N–H and O–H groups in total. The van der Waals surface area contributed by atoms with Crippen LogP contribution >= 0.6 is 0 Å². The van der Waals surface area contributed by atoms with Gasteiger partial charge in [-0.15, -0.1) is 26.3 Å². The molecule has 0 aliphatic carbocycles. The molecule has 1 heterocycles. The van der Waals surface area contributed by atoms with Crippen LogP contribution in [0.3, 0.4) is 0 Å². The van der Waals surface area contributed by atoms with Crippen LogP contribution in [-0.2, 0) is 14.2 Å². The Labute approximate surface area is 79.9 Å². The van der Waals surface area contributed by atoms with Crippen molar-refractivity contribution in [3.8, 4) is 0 Å². The molecular formula is C6H6F6O3. The zero-order valence-electron chi connectivity index (χ0n) is 7.06. The van der Waals surface area contributed by atoms with E-state index < -0.39 is 38.1 Å². The second-order valence-electron chi connectivity index (χ2n) is 2.73. The van der Waals surface area contributed by atoms with Crippen molar-refractivity contribution in [1.82, 2.24) is 0 Å². The zero-order chi connectivity index (χ0) is 11.7. The van der Waals surface area contributed by atoms with Gasteiger partial charge in [0.1, 0.15) is 12.2 Å². The quantitative estimate of drug-likeness (QED) is 0.554. The van der Waals surface area contributed by atoms with Gasteiger partial charge in [-0.25, -0.2) is 0 Å². The summed E-state index contributed by atoms with van der Waals surface area (Å²) in [4.78, 5) is 0. The normalized spacial score (nSPS) is 26.8. The van der Waals surface area contributed by atoms with Gasteiger partial charge in [-0.1, -0.05) is 0 Å². The molecule has 1 aliphatic rings. The Balaban J connectivity index is 2.08. The lowest BCUT2D eigenvalue weighted by molar-refractivity contribution is -0.328. The van der Waals surface area contributed by atoms with E-state index in [9.17, 15) is 26.3 Å². The highest BCUT2D eigenvalue weighted by atomic mass is 19.4. The van der Waals surface area contributed by atoms with Crippen LogP contribution in [0.1, 0.15) is 0 Å². The van der Waals surface area contributed by atoms with Crippen LogP contribution in [0.5, 0.6) is 0 Å². The SMILES string of the molecule is FC(F)(F)OCC1OC1COC(F)(F)F. The molecule has 9 heteroatoms. The molecule has 0 bridgehead atoms. The van der Waals surface area contributed by atoms with Crippen molar-refractivity contribution >= 4 is 0 Å². The van der Waals surface area contributed by atoms with E-state index in [-0.39, 0.29) is 0 Å². The summed E-state index contributed by atoms with van der Waals surface area (Å²) >= 11 is 0. The predicted octanol–water partition coefficient (Wildman–Crippen LogP) is 1.83. The maximum absolute atomic E-state index is 11.5. The van der Waals surface area contributed by atoms with Gasteiger partial charge in [0.25, 0.3) is 0 Å². The number of rotatable bonds is 4. The van der Waals surface area contributed by atoms with E-state index in [0.29, 0.717) is 0 Å². The van der Waals surface area contributed by atoms with Crippen LogP contribution in [-0.4, -0.2) is 38.1 Å². The number of hydrogen-bond acceptors (Lipinski definition) is 3. The minimum absolute atomic E-state index is 0.824. The predicted molar refractivity (Wildman–Crippen MR) is 32.7 cm³/mol. The van der Waals surface area contributed by atoms with E-state index in [2.05, 4.69) is 14.2 Å². The summed E-state index contributed by atoms with van der Waals surface area (Å²) in [5.74, 6) is 0. The molecule has 1 rings (SSSR count). The van der Waals surface area contributed by atoms with Crippen LogP contribution < -0.4 is 0 Å². The van der Waals surface area contributed by atoms with Gasteiger partial charge in [0.15, 0.2) is 0 Å². The average molecular weight is 240 g/mol. The Morgan fingerprint density at radius 1 is 0.800 bits per heavy atom. The van der Waals surface area contributed by atoms with Crippen molar-refractivity contribution in [1.29, 1.82) is 0 Å². The molecule has 0 saturated carbocycles. The van der Waals surface area contributed by atoms with Gasteiger partial charge < -0.3 is 4.74 Å². The summed E-state index contributed by atoms with van der Waals surface area (Å²) in [6.07, 6.45) is -11.6. The van der Waals surface area contributed by atoms with E-state index in [0.717, 1.165) is 0 Å². The van der Waals surface area contributed by atoms with Crippen molar-refractivity contribution < 1.29 is 40.6 Å². The van der Waals surface area contributed by atoms with Gasteiger partial charge in [0, 0.05) is 0 Å². The standard InChI is InChI=1S/C6H6F6O3/c7-5(8,9)13-1-3-4(15-3)2-14-6(10,11)12/h3-4H,1-2H2. The summed E-state index contributed by atoms with van der Waals surface area (Å²) in [5.41, 5.74) is 0. The maximum Gasteiger partial charge on any atom is 0.522 e. The maximum atomic E-state index is 11.5. The molecule has 0 aromatic heterocycles. The molecule has 2 atom stereocenters. The lowest BCUT2D eigenvalue weighted by atomic mass is 10.3. The lowest BCUT2D eigenvalue weighted by Gasteiger charge is -2.06. The van der Waals surface area contributed by atoms with Crippen LogP contribution in [0.2, 0.25) is 0 Å². The number of hydrogen-bond donors (Lipinski definition) is 0. The van der Waals surface area contributed by atoms with Crippen LogP contribution in [0.4, 0.5) is 26.3 Å². The first kappa shape index (κ1) is 12.5. The second-order valence-corrected chi connectivity index (χ2v) is 2.73. The first-order valence-corrected chi connectivity index (χ1v) is 3.74. The van der Waals surface area contributed by atoms with Gasteiger partial charge in [0.05, 0.1) is 13.2 Å². The highest BCUT2D eigenvalue weighted by molar-refractivity contribution is 4.84. The van der Waals surface area contributed by atoms with Gasteiger partial charge in [-0.3, -0.25) is 9.47 Å². The van der Waals surface area contributed by atoms with E-state index in [1.807, 2.05) is 0 Å². The smallest absolute Gasteiger partial charge is 0.365 e. The largest absolute Gasteiger partial charge is 0.522 e. The Morgan fingerprint density at radius 2 is 1.13 bits per heavy atom. The molecule has 0 amide bonds. The number of epoxide rings is 1. The number of halogens is 6. The molecule has 2 unspecified atom stereocenters. The minimum Gasteiger partial charge on any atom is -0.365 e. The van der Waals surface area contributed by atoms with E-state index >= 15 is 0 Å². The molecule has 1 saturated heterocycles. The van der Waals surface area contributed by atoms with Gasteiger partial charge >= 0.3 is 12.7 Å². The van der Waals surface area contributed by atoms with Crippen LogP contribution in [0, 0.1) is 0 Å². The van der Waals surface area contributed by atoms with Crippen molar-refractivity contribution in [2.75, 3.05) is 13.2 Å². The fourth-order valence-corrected chi connectivity index (χ4v) is 0.826. The monoisotopic (exact) mass is 240 g/mol. The first-order chi connectivity index (χ1) is 6.67. The average Bonchev–Trinajstić information content (AvgIpc) is 2.73. The third-order valence-corrected chi connectivity index (χ3v) is 1.51. The van der Waals surface area contributed by atoms with E-state index in [1.165, 1.54) is 0 Å². The zero-order valence-corrected chi connectivity index (χ0v) is 7.06. The molecule has 15 heavy (non-hydrogen) atoms. The first-order valence-electron chi connectivity index (χ1n) is 3.74. The lowest BCUT2D eigenvalue weighted by Crippen LogP contribution is -2.21. The summed E-state index contributed by atoms with van der Waals surface area (Å²) in [5, 5.41) is 0. The second kappa shape index (κ2) is 4.14. The van der Waals surface area contributed by atoms with Crippen molar-refractivity contribution in [2.24, 2.45) is 0 Å². The molecule has 3 nitrogen and oxygen atoms in total. The topological polar surface area (TPSA) is 31.0 Å². The number of ether oxygens (including phenoxy) is 3. The summed E-state index contributed by atoms with van der Waals surface area (Å²) in [6, 6.07) is 0. The molecule has 1 aliphatic heterocycles. The van der Waals surface area contributed by atoms with E-state index in [1.54, 1.807) is 0 Å². The highest BCUT2D eigenvalue weighted by Gasteiger charge is 2.44. The molecule has 0 aromatic rings. The molecular weight excluding hydrogens is 234 g/mol. The van der Waals surface area contributed by atoms with E-state index in [4.69, 9.17) is 0 Å². The van der Waals surface area contributed by atoms with Gasteiger partial charge in [0.2, 0.25) is 0 Å². The Hall–Kier alpha value is -0.540. The van der Waals surface area contributed by atoms with Gasteiger partial charge in [-0.05, 0) is 0 Å². The van der Waals surface area contributed by atoms with Crippen molar-refractivity contribution in [3.63, 3.8) is 0 Å². The third kappa shape index (κ3) is 5.80. The Bertz CT molecular complexity index is 190. The van der Waals surface area contributed by atoms with Crippen LogP contribution in [0.25, 0.3) is 0 Å². The summed E-state index contributed by atoms with van der Waals surface area (Å²) < 4.78 is 79.9. The van der Waals surface area contributed by atoms with Crippen molar-refractivity contribution in [3.05, 3.63) is 0 Å². The number of alkyl halides is 6. The van der Waals surface area contributed by atoms with Crippen molar-refractivity contribution in [2.45, 2.75) is 24.9 Å². The molecule has 0 radical (unpaired) electrons. The summed E-state index contributed by atoms with van der Waals surface area (Å²) in [7, 11) is 0. The molecule has 1 fully saturated rings. The third-order valence-electron chi connectivity index (χ3n) is 1.51. The van der Waals surface area contributed by atoms with Crippen LogP contribution in [0.15, 0.2) is 0 Å². The fraction of sp³-hybridized carbons (Fsp3) is 1.00. The highest BCUT2D eigenvalue weighted by Crippen LogP contribution is 2.28. The summed E-state index contributed by atoms with van der Waals surface area (Å²) in [6.45, 7) is -1.65. The van der Waals surface area contributed by atoms with Gasteiger partial charge in [-0.2, -0.15) is 0 Å². The molecule has 0 spiro atoms. The Kier molecular flexibility index (Phi) is 3.46.